The number of sulfonamides is 1. The summed E-state index contributed by atoms with van der Waals surface area (Å²) in [6.07, 6.45) is 2.03. The van der Waals surface area contributed by atoms with Gasteiger partial charge in [-0.3, -0.25) is 9.52 Å². The van der Waals surface area contributed by atoms with Crippen LogP contribution in [0.3, 0.4) is 0 Å². The van der Waals surface area contributed by atoms with Crippen molar-refractivity contribution in [1.29, 1.82) is 0 Å². The highest BCUT2D eigenvalue weighted by Crippen LogP contribution is 2.31. The molecule has 0 aliphatic carbocycles. The Bertz CT molecular complexity index is 1220. The Kier molecular flexibility index (Phi) is 6.09. The van der Waals surface area contributed by atoms with E-state index in [-0.39, 0.29) is 21.8 Å². The topological polar surface area (TPSA) is 78.5 Å². The fourth-order valence-electron chi connectivity index (χ4n) is 3.56. The highest BCUT2D eigenvalue weighted by molar-refractivity contribution is 7.92. The van der Waals surface area contributed by atoms with Gasteiger partial charge in [0.1, 0.15) is 17.3 Å². The molecule has 1 heterocycles. The average Bonchev–Trinajstić information content (AvgIpc) is 3.30. The van der Waals surface area contributed by atoms with Crippen LogP contribution in [0.4, 0.5) is 25.8 Å². The van der Waals surface area contributed by atoms with Gasteiger partial charge in [-0.15, -0.1) is 0 Å². The molecule has 0 radical (unpaired) electrons. The Hall–Kier alpha value is -3.46. The van der Waals surface area contributed by atoms with Crippen molar-refractivity contribution in [1.82, 2.24) is 0 Å². The molecule has 6 nitrogen and oxygen atoms in total. The van der Waals surface area contributed by atoms with Crippen LogP contribution in [0.1, 0.15) is 23.2 Å². The summed E-state index contributed by atoms with van der Waals surface area (Å²) in [6, 6.07) is 14.8. The van der Waals surface area contributed by atoms with Crippen LogP contribution in [-0.2, 0) is 10.0 Å². The van der Waals surface area contributed by atoms with Gasteiger partial charge in [0.15, 0.2) is 0 Å². The summed E-state index contributed by atoms with van der Waals surface area (Å²) in [5.74, 6) is -1.57. The maximum atomic E-state index is 14.5. The van der Waals surface area contributed by atoms with Gasteiger partial charge in [0.25, 0.3) is 15.9 Å². The molecule has 1 saturated heterocycles. The number of benzene rings is 3. The summed E-state index contributed by atoms with van der Waals surface area (Å²) in [4.78, 5) is 14.7. The molecule has 0 bridgehead atoms. The number of halogens is 2. The third kappa shape index (κ3) is 4.72. The zero-order valence-corrected chi connectivity index (χ0v) is 17.8. The zero-order valence-electron chi connectivity index (χ0n) is 17.0. The number of carbonyl (C=O) groups excluding carboxylic acids is 1. The van der Waals surface area contributed by atoms with Gasteiger partial charge in [0, 0.05) is 24.3 Å². The molecule has 0 unspecified atom stereocenters. The molecule has 9 heteroatoms. The predicted octanol–water partition coefficient (Wildman–Crippen LogP) is 4.62. The summed E-state index contributed by atoms with van der Waals surface area (Å²) < 4.78 is 54.7. The summed E-state index contributed by atoms with van der Waals surface area (Å²) in [6.45, 7) is 1.60. The molecule has 1 fully saturated rings. The lowest BCUT2D eigenvalue weighted by atomic mass is 10.1. The van der Waals surface area contributed by atoms with Gasteiger partial charge < -0.3 is 10.2 Å². The molecule has 0 atom stereocenters. The van der Waals surface area contributed by atoms with E-state index in [4.69, 9.17) is 0 Å². The van der Waals surface area contributed by atoms with Crippen LogP contribution in [0.15, 0.2) is 71.6 Å². The second kappa shape index (κ2) is 8.96. The van der Waals surface area contributed by atoms with Crippen molar-refractivity contribution in [3.63, 3.8) is 0 Å². The minimum Gasteiger partial charge on any atom is -0.370 e. The second-order valence-electron chi connectivity index (χ2n) is 7.42. The van der Waals surface area contributed by atoms with Crippen LogP contribution in [0.5, 0.6) is 0 Å². The minimum absolute atomic E-state index is 0.0882. The lowest BCUT2D eigenvalue weighted by Gasteiger charge is -2.22. The normalized spacial score (nSPS) is 13.8. The number of rotatable bonds is 6. The number of amides is 1. The predicted molar refractivity (Wildman–Crippen MR) is 119 cm³/mol. The number of nitrogens with zero attached hydrogens (tertiary/aromatic N) is 1. The molecule has 166 valence electrons. The molecule has 32 heavy (non-hydrogen) atoms. The average molecular weight is 458 g/mol. The second-order valence-corrected chi connectivity index (χ2v) is 9.10. The first-order valence-electron chi connectivity index (χ1n) is 10.1. The van der Waals surface area contributed by atoms with Crippen LogP contribution >= 0.6 is 0 Å². The van der Waals surface area contributed by atoms with Crippen LogP contribution in [0.2, 0.25) is 0 Å². The molecule has 3 aromatic carbocycles. The first-order chi connectivity index (χ1) is 15.3. The van der Waals surface area contributed by atoms with Crippen LogP contribution in [0.25, 0.3) is 0 Å². The molecule has 1 aliphatic heterocycles. The largest absolute Gasteiger partial charge is 0.370 e. The molecule has 0 aromatic heterocycles. The molecule has 2 N–H and O–H groups in total. The summed E-state index contributed by atoms with van der Waals surface area (Å²) in [5.41, 5.74) is 1.24. The van der Waals surface area contributed by atoms with Gasteiger partial charge in [-0.2, -0.15) is 0 Å². The summed E-state index contributed by atoms with van der Waals surface area (Å²) >= 11 is 0. The Balaban J connectivity index is 1.49. The van der Waals surface area contributed by atoms with Gasteiger partial charge in [-0.05, 0) is 73.5 Å². The lowest BCUT2D eigenvalue weighted by molar-refractivity contribution is 0.102. The fourth-order valence-corrected chi connectivity index (χ4v) is 4.62. The van der Waals surface area contributed by atoms with E-state index in [1.54, 1.807) is 12.1 Å². The van der Waals surface area contributed by atoms with Crippen molar-refractivity contribution in [3.8, 4) is 0 Å². The lowest BCUT2D eigenvalue weighted by Crippen LogP contribution is -2.22. The van der Waals surface area contributed by atoms with Crippen molar-refractivity contribution in [2.75, 3.05) is 28.0 Å². The van der Waals surface area contributed by atoms with E-state index in [0.29, 0.717) is 5.69 Å². The quantitative estimate of drug-likeness (QED) is 0.566. The van der Waals surface area contributed by atoms with Crippen LogP contribution in [0, 0.1) is 11.6 Å². The van der Waals surface area contributed by atoms with Gasteiger partial charge in [0.2, 0.25) is 0 Å². The first kappa shape index (κ1) is 21.8. The van der Waals surface area contributed by atoms with Gasteiger partial charge in [-0.25, -0.2) is 17.2 Å². The molecular formula is C23H21F2N3O3S. The molecule has 0 spiro atoms. The van der Waals surface area contributed by atoms with Gasteiger partial charge >= 0.3 is 0 Å². The smallest absolute Gasteiger partial charge is 0.261 e. The minimum atomic E-state index is -3.90. The Morgan fingerprint density at radius 3 is 2.19 bits per heavy atom. The molecular weight excluding hydrogens is 436 g/mol. The first-order valence-corrected chi connectivity index (χ1v) is 11.5. The number of anilines is 3. The number of carbonyl (C=O) groups is 1. The third-order valence-corrected chi connectivity index (χ3v) is 6.60. The Labute approximate surface area is 184 Å². The third-order valence-electron chi connectivity index (χ3n) is 5.20. The van der Waals surface area contributed by atoms with Gasteiger partial charge in [0.05, 0.1) is 10.6 Å². The number of hydrogen-bond donors (Lipinski definition) is 2. The van der Waals surface area contributed by atoms with E-state index >= 15 is 0 Å². The Morgan fingerprint density at radius 2 is 1.53 bits per heavy atom. The molecule has 1 aliphatic rings. The fraction of sp³-hybridized carbons (Fsp3) is 0.174. The van der Waals surface area contributed by atoms with Crippen molar-refractivity contribution in [2.24, 2.45) is 0 Å². The number of hydrogen-bond acceptors (Lipinski definition) is 4. The SMILES string of the molecule is O=C(Nc1c(F)cccc1N1CCCC1)c1ccc(NS(=O)(=O)c2ccc(F)cc2)cc1. The highest BCUT2D eigenvalue weighted by atomic mass is 32.2. The van der Waals surface area contributed by atoms with Crippen molar-refractivity contribution >= 4 is 33.0 Å². The van der Waals surface area contributed by atoms with E-state index in [1.807, 2.05) is 4.90 Å². The monoisotopic (exact) mass is 457 g/mol. The van der Waals surface area contributed by atoms with E-state index in [1.165, 1.54) is 30.3 Å². The summed E-state index contributed by atoms with van der Waals surface area (Å²) in [5, 5.41) is 2.64. The summed E-state index contributed by atoms with van der Waals surface area (Å²) in [7, 11) is -3.90. The number of para-hydroxylation sites is 1. The maximum absolute atomic E-state index is 14.5. The molecule has 3 aromatic rings. The standard InChI is InChI=1S/C23H21F2N3O3S/c24-17-8-12-19(13-9-17)32(30,31)27-18-10-6-16(7-11-18)23(29)26-22-20(25)4-3-5-21(22)28-14-1-2-15-28/h3-13,27H,1-2,14-15H2,(H,26,29). The zero-order chi connectivity index (χ0) is 22.7. The van der Waals surface area contributed by atoms with Crippen LogP contribution in [-0.4, -0.2) is 27.4 Å². The van der Waals surface area contributed by atoms with Gasteiger partial charge in [-0.1, -0.05) is 6.07 Å². The molecule has 0 saturated carbocycles. The van der Waals surface area contributed by atoms with E-state index < -0.39 is 27.6 Å². The van der Waals surface area contributed by atoms with E-state index in [2.05, 4.69) is 10.0 Å². The van der Waals surface area contributed by atoms with E-state index in [0.717, 1.165) is 50.2 Å². The Morgan fingerprint density at radius 1 is 0.875 bits per heavy atom. The van der Waals surface area contributed by atoms with Crippen molar-refractivity contribution in [2.45, 2.75) is 17.7 Å². The van der Waals surface area contributed by atoms with E-state index in [9.17, 15) is 22.0 Å². The number of nitrogens with one attached hydrogen (secondary N) is 2. The highest BCUT2D eigenvalue weighted by Gasteiger charge is 2.20. The maximum Gasteiger partial charge on any atom is 0.261 e. The molecule has 4 rings (SSSR count). The van der Waals surface area contributed by atoms with Crippen LogP contribution < -0.4 is 14.9 Å². The van der Waals surface area contributed by atoms with Crippen molar-refractivity contribution in [3.05, 3.63) is 83.9 Å². The van der Waals surface area contributed by atoms with Crippen molar-refractivity contribution < 1.29 is 22.0 Å². The molecule has 1 amide bonds.